The minimum absolute atomic E-state index is 0.228. The standard InChI is InChI=1S/C23H19Cl2N3O/c24-18-11-17(12-19(25)13-18)21-20(3-1-8-27-21)23(29)22(28-9-2-10-28)16-6-4-15(14-26)5-7-16/h1,3-8,11-13,22-23,29H,2,9-10H2/t22-,23+/m0/s1. The summed E-state index contributed by atoms with van der Waals surface area (Å²) in [6.07, 6.45) is 1.99. The van der Waals surface area contributed by atoms with Crippen LogP contribution in [-0.4, -0.2) is 28.1 Å². The Kier molecular flexibility index (Phi) is 5.84. The predicted octanol–water partition coefficient (Wildman–Crippen LogP) is 5.41. The molecule has 1 aliphatic heterocycles. The highest BCUT2D eigenvalue weighted by molar-refractivity contribution is 6.35. The van der Waals surface area contributed by atoms with Crippen molar-refractivity contribution in [3.63, 3.8) is 0 Å². The quantitative estimate of drug-likeness (QED) is 0.595. The molecule has 0 spiro atoms. The van der Waals surface area contributed by atoms with E-state index in [-0.39, 0.29) is 6.04 Å². The van der Waals surface area contributed by atoms with Crippen molar-refractivity contribution in [2.75, 3.05) is 13.1 Å². The van der Waals surface area contributed by atoms with Crippen molar-refractivity contribution in [1.82, 2.24) is 9.88 Å². The van der Waals surface area contributed by atoms with Crippen molar-refractivity contribution in [2.45, 2.75) is 18.6 Å². The third-order valence-electron chi connectivity index (χ3n) is 5.26. The summed E-state index contributed by atoms with van der Waals surface area (Å²) in [4.78, 5) is 6.76. The van der Waals surface area contributed by atoms with E-state index in [4.69, 9.17) is 28.5 Å². The number of halogens is 2. The monoisotopic (exact) mass is 423 g/mol. The normalized spacial score (nSPS) is 15.9. The fourth-order valence-electron chi connectivity index (χ4n) is 3.72. The van der Waals surface area contributed by atoms with Crippen LogP contribution in [0.1, 0.15) is 35.3 Å². The highest BCUT2D eigenvalue weighted by Gasteiger charge is 2.33. The smallest absolute Gasteiger partial charge is 0.101 e. The molecule has 4 rings (SSSR count). The lowest BCUT2D eigenvalue weighted by atomic mass is 9.90. The van der Waals surface area contributed by atoms with Gasteiger partial charge in [0, 0.05) is 40.5 Å². The van der Waals surface area contributed by atoms with Crippen molar-refractivity contribution in [1.29, 1.82) is 5.26 Å². The van der Waals surface area contributed by atoms with Crippen LogP contribution in [0.15, 0.2) is 60.8 Å². The van der Waals surface area contributed by atoms with Crippen molar-refractivity contribution < 1.29 is 5.11 Å². The Morgan fingerprint density at radius 3 is 2.31 bits per heavy atom. The molecule has 1 fully saturated rings. The molecule has 0 unspecified atom stereocenters. The van der Waals surface area contributed by atoms with Crippen LogP contribution in [0.3, 0.4) is 0 Å². The zero-order chi connectivity index (χ0) is 20.4. The van der Waals surface area contributed by atoms with Gasteiger partial charge in [-0.25, -0.2) is 0 Å². The van der Waals surface area contributed by atoms with Gasteiger partial charge < -0.3 is 5.11 Å². The lowest BCUT2D eigenvalue weighted by Crippen LogP contribution is -2.42. The maximum atomic E-state index is 11.5. The Bertz CT molecular complexity index is 1040. The summed E-state index contributed by atoms with van der Waals surface area (Å²) < 4.78 is 0. The molecule has 29 heavy (non-hydrogen) atoms. The van der Waals surface area contributed by atoms with Crippen LogP contribution in [0.25, 0.3) is 11.3 Å². The molecule has 1 aromatic heterocycles. The fraction of sp³-hybridized carbons (Fsp3) is 0.217. The first-order valence-electron chi connectivity index (χ1n) is 9.40. The largest absolute Gasteiger partial charge is 0.386 e. The number of aliphatic hydroxyl groups is 1. The predicted molar refractivity (Wildman–Crippen MR) is 115 cm³/mol. The van der Waals surface area contributed by atoms with Crippen LogP contribution in [0.5, 0.6) is 0 Å². The van der Waals surface area contributed by atoms with E-state index in [2.05, 4.69) is 16.0 Å². The van der Waals surface area contributed by atoms with Crippen LogP contribution >= 0.6 is 23.2 Å². The lowest BCUT2D eigenvalue weighted by molar-refractivity contribution is 0.0130. The molecule has 2 heterocycles. The number of benzene rings is 2. The highest BCUT2D eigenvalue weighted by atomic mass is 35.5. The van der Waals surface area contributed by atoms with Gasteiger partial charge in [-0.1, -0.05) is 41.4 Å². The maximum absolute atomic E-state index is 11.5. The molecule has 146 valence electrons. The summed E-state index contributed by atoms with van der Waals surface area (Å²) in [7, 11) is 0. The first-order chi connectivity index (χ1) is 14.1. The van der Waals surface area contributed by atoms with Crippen LogP contribution in [0.4, 0.5) is 0 Å². The molecule has 0 radical (unpaired) electrons. The Balaban J connectivity index is 1.77. The van der Waals surface area contributed by atoms with Gasteiger partial charge in [-0.3, -0.25) is 9.88 Å². The van der Waals surface area contributed by atoms with Gasteiger partial charge in [-0.05, 0) is 48.4 Å². The van der Waals surface area contributed by atoms with Crippen molar-refractivity contribution >= 4 is 23.2 Å². The molecule has 2 aromatic carbocycles. The topological polar surface area (TPSA) is 60.1 Å². The molecule has 1 saturated heterocycles. The van der Waals surface area contributed by atoms with E-state index < -0.39 is 6.10 Å². The number of hydrogen-bond donors (Lipinski definition) is 1. The van der Waals surface area contributed by atoms with E-state index in [1.807, 2.05) is 24.3 Å². The van der Waals surface area contributed by atoms with Crippen LogP contribution in [-0.2, 0) is 0 Å². The number of rotatable bonds is 5. The van der Waals surface area contributed by atoms with Crippen LogP contribution < -0.4 is 0 Å². The molecule has 6 heteroatoms. The number of likely N-dealkylation sites (tertiary alicyclic amines) is 1. The van der Waals surface area contributed by atoms with Crippen LogP contribution in [0, 0.1) is 11.3 Å². The Hall–Kier alpha value is -2.42. The molecule has 3 aromatic rings. The molecule has 0 saturated carbocycles. The summed E-state index contributed by atoms with van der Waals surface area (Å²) in [6, 6.07) is 18.3. The summed E-state index contributed by atoms with van der Waals surface area (Å²) in [5, 5.41) is 21.6. The summed E-state index contributed by atoms with van der Waals surface area (Å²) in [5.41, 5.74) is 3.70. The summed E-state index contributed by atoms with van der Waals surface area (Å²) in [5.74, 6) is 0. The van der Waals surface area contributed by atoms with E-state index in [1.54, 1.807) is 36.5 Å². The van der Waals surface area contributed by atoms with Gasteiger partial charge in [0.25, 0.3) is 0 Å². The number of pyridine rings is 1. The second-order valence-electron chi connectivity index (χ2n) is 7.11. The van der Waals surface area contributed by atoms with E-state index in [9.17, 15) is 5.11 Å². The molecule has 4 nitrogen and oxygen atoms in total. The Morgan fingerprint density at radius 2 is 1.72 bits per heavy atom. The highest BCUT2D eigenvalue weighted by Crippen LogP contribution is 2.40. The van der Waals surface area contributed by atoms with Gasteiger partial charge in [0.1, 0.15) is 6.10 Å². The third kappa shape index (κ3) is 4.14. The van der Waals surface area contributed by atoms with E-state index in [1.165, 1.54) is 0 Å². The molecule has 1 N–H and O–H groups in total. The number of nitriles is 1. The summed E-state index contributed by atoms with van der Waals surface area (Å²) >= 11 is 12.4. The molecule has 2 atom stereocenters. The molecule has 0 aliphatic carbocycles. The van der Waals surface area contributed by atoms with Gasteiger partial charge >= 0.3 is 0 Å². The van der Waals surface area contributed by atoms with Gasteiger partial charge in [0.05, 0.1) is 23.4 Å². The maximum Gasteiger partial charge on any atom is 0.101 e. The average molecular weight is 424 g/mol. The second kappa shape index (κ2) is 8.52. The van der Waals surface area contributed by atoms with E-state index in [0.29, 0.717) is 26.9 Å². The minimum atomic E-state index is -0.801. The first kappa shape index (κ1) is 19.9. The fourth-order valence-corrected chi connectivity index (χ4v) is 4.25. The molecule has 0 amide bonds. The molecule has 0 bridgehead atoms. The van der Waals surface area contributed by atoms with Gasteiger partial charge in [-0.15, -0.1) is 0 Å². The third-order valence-corrected chi connectivity index (χ3v) is 5.69. The summed E-state index contributed by atoms with van der Waals surface area (Å²) in [6.45, 7) is 1.83. The SMILES string of the molecule is N#Cc1ccc([C@@H]([C@H](O)c2cccnc2-c2cc(Cl)cc(Cl)c2)N2CCC2)cc1. The number of hydrogen-bond acceptors (Lipinski definition) is 4. The lowest BCUT2D eigenvalue weighted by Gasteiger charge is -2.41. The molecular formula is C23H19Cl2N3O. The number of nitrogens with zero attached hydrogens (tertiary/aromatic N) is 3. The molecular weight excluding hydrogens is 405 g/mol. The zero-order valence-electron chi connectivity index (χ0n) is 15.6. The van der Waals surface area contributed by atoms with E-state index in [0.717, 1.165) is 30.6 Å². The average Bonchev–Trinajstić information content (AvgIpc) is 2.69. The van der Waals surface area contributed by atoms with Crippen LogP contribution in [0.2, 0.25) is 10.0 Å². The Morgan fingerprint density at radius 1 is 1.03 bits per heavy atom. The Labute approximate surface area is 180 Å². The number of aromatic nitrogens is 1. The number of aliphatic hydroxyl groups excluding tert-OH is 1. The van der Waals surface area contributed by atoms with Crippen molar-refractivity contribution in [3.05, 3.63) is 87.5 Å². The van der Waals surface area contributed by atoms with E-state index >= 15 is 0 Å². The zero-order valence-corrected chi connectivity index (χ0v) is 17.1. The second-order valence-corrected chi connectivity index (χ2v) is 7.99. The molecule has 1 aliphatic rings. The van der Waals surface area contributed by atoms with Crippen molar-refractivity contribution in [3.8, 4) is 17.3 Å². The van der Waals surface area contributed by atoms with Gasteiger partial charge in [0.15, 0.2) is 0 Å². The van der Waals surface area contributed by atoms with Gasteiger partial charge in [0.2, 0.25) is 0 Å². The van der Waals surface area contributed by atoms with Crippen molar-refractivity contribution in [2.24, 2.45) is 0 Å². The van der Waals surface area contributed by atoms with Gasteiger partial charge in [-0.2, -0.15) is 5.26 Å². The first-order valence-corrected chi connectivity index (χ1v) is 10.2. The minimum Gasteiger partial charge on any atom is -0.386 e.